The average Bonchev–Trinajstić information content (AvgIpc) is 3.10. The summed E-state index contributed by atoms with van der Waals surface area (Å²) in [6.07, 6.45) is -0.906. The molecule has 6 nitrogen and oxygen atoms in total. The van der Waals surface area contributed by atoms with Crippen molar-refractivity contribution in [2.75, 3.05) is 0 Å². The third-order valence-corrected chi connectivity index (χ3v) is 4.83. The van der Waals surface area contributed by atoms with Crippen LogP contribution >= 0.6 is 0 Å². The first kappa shape index (κ1) is 19.4. The van der Waals surface area contributed by atoms with E-state index >= 15 is 0 Å². The topological polar surface area (TPSA) is 80.6 Å². The van der Waals surface area contributed by atoms with Gasteiger partial charge in [0, 0.05) is 16.3 Å². The van der Waals surface area contributed by atoms with Gasteiger partial charge in [-0.2, -0.15) is 0 Å². The number of benzene rings is 3. The summed E-state index contributed by atoms with van der Waals surface area (Å²) in [5.41, 5.74) is 5.97. The van der Waals surface area contributed by atoms with Gasteiger partial charge < -0.3 is 9.15 Å². The van der Waals surface area contributed by atoms with Crippen LogP contribution in [-0.2, 0) is 4.79 Å². The van der Waals surface area contributed by atoms with E-state index in [0.717, 1.165) is 16.2 Å². The molecule has 1 aromatic heterocycles. The van der Waals surface area contributed by atoms with Crippen LogP contribution in [0.25, 0.3) is 21.7 Å². The molecule has 4 rings (SSSR count). The molecule has 7 heteroatoms. The van der Waals surface area contributed by atoms with Crippen molar-refractivity contribution >= 4 is 33.6 Å². The van der Waals surface area contributed by atoms with Gasteiger partial charge in [-0.05, 0) is 43.5 Å². The van der Waals surface area contributed by atoms with E-state index in [2.05, 4.69) is 10.9 Å². The number of amides is 2. The van der Waals surface area contributed by atoms with Gasteiger partial charge in [0.2, 0.25) is 0 Å². The van der Waals surface area contributed by atoms with Gasteiger partial charge in [0.05, 0.1) is 0 Å². The molecule has 4 aromatic rings. The predicted molar refractivity (Wildman–Crippen MR) is 111 cm³/mol. The van der Waals surface area contributed by atoms with Crippen LogP contribution in [0.4, 0.5) is 4.39 Å². The molecule has 2 amide bonds. The molecule has 152 valence electrons. The number of rotatable bonds is 4. The highest BCUT2D eigenvalue weighted by atomic mass is 19.1. The second kappa shape index (κ2) is 7.87. The third-order valence-electron chi connectivity index (χ3n) is 4.83. The number of ether oxygens (including phenoxy) is 1. The second-order valence-corrected chi connectivity index (χ2v) is 6.88. The van der Waals surface area contributed by atoms with Crippen molar-refractivity contribution < 1.29 is 23.1 Å². The minimum absolute atomic E-state index is 0.119. The number of nitrogens with one attached hydrogen (secondary N) is 2. The SMILES string of the molecule is Cc1c(C(=O)NNC(=O)[C@@H](C)Oc2ccc(F)cc2)oc2c1ccc1ccccc12. The first-order valence-electron chi connectivity index (χ1n) is 9.37. The van der Waals surface area contributed by atoms with Gasteiger partial charge in [-0.3, -0.25) is 20.4 Å². The number of carbonyl (C=O) groups excluding carboxylic acids is 2. The highest BCUT2D eigenvalue weighted by Crippen LogP contribution is 2.31. The number of halogens is 1. The standard InChI is InChI=1S/C23H19FN2O4/c1-13-18-12-7-15-5-3-4-6-19(15)21(18)30-20(13)23(28)26-25-22(27)14(2)29-17-10-8-16(24)9-11-17/h3-12,14H,1-2H3,(H,25,27)(H,26,28)/t14-/m1/s1. The van der Waals surface area contributed by atoms with Crippen molar-refractivity contribution in [3.63, 3.8) is 0 Å². The second-order valence-electron chi connectivity index (χ2n) is 6.88. The predicted octanol–water partition coefficient (Wildman–Crippen LogP) is 4.26. The monoisotopic (exact) mass is 406 g/mol. The van der Waals surface area contributed by atoms with Crippen molar-refractivity contribution in [3.8, 4) is 5.75 Å². The highest BCUT2D eigenvalue weighted by Gasteiger charge is 2.21. The van der Waals surface area contributed by atoms with Crippen LogP contribution in [0.5, 0.6) is 5.75 Å². The molecule has 0 aliphatic rings. The molecule has 0 unspecified atom stereocenters. The van der Waals surface area contributed by atoms with Crippen LogP contribution in [0, 0.1) is 12.7 Å². The van der Waals surface area contributed by atoms with Crippen molar-refractivity contribution in [1.29, 1.82) is 0 Å². The summed E-state index contributed by atoms with van der Waals surface area (Å²) in [6, 6.07) is 16.9. The highest BCUT2D eigenvalue weighted by molar-refractivity contribution is 6.09. The molecule has 0 aliphatic carbocycles. The lowest BCUT2D eigenvalue weighted by Crippen LogP contribution is -2.47. The normalized spacial score (nSPS) is 12.0. The van der Waals surface area contributed by atoms with E-state index in [-0.39, 0.29) is 5.76 Å². The molecular weight excluding hydrogens is 387 g/mol. The van der Waals surface area contributed by atoms with E-state index in [1.54, 1.807) is 6.92 Å². The fourth-order valence-corrected chi connectivity index (χ4v) is 3.21. The zero-order valence-corrected chi connectivity index (χ0v) is 16.4. The van der Waals surface area contributed by atoms with E-state index < -0.39 is 23.7 Å². The van der Waals surface area contributed by atoms with Crippen LogP contribution in [0.2, 0.25) is 0 Å². The van der Waals surface area contributed by atoms with Gasteiger partial charge in [0.15, 0.2) is 11.9 Å². The Bertz CT molecular complexity index is 1250. The Morgan fingerprint density at radius 2 is 1.70 bits per heavy atom. The summed E-state index contributed by atoms with van der Waals surface area (Å²) in [4.78, 5) is 24.8. The van der Waals surface area contributed by atoms with Gasteiger partial charge in [0.25, 0.3) is 5.91 Å². The molecule has 0 bridgehead atoms. The molecule has 30 heavy (non-hydrogen) atoms. The average molecular weight is 406 g/mol. The summed E-state index contributed by atoms with van der Waals surface area (Å²) in [5.74, 6) is -1.08. The van der Waals surface area contributed by atoms with Crippen molar-refractivity contribution in [2.24, 2.45) is 0 Å². The Morgan fingerprint density at radius 1 is 0.967 bits per heavy atom. The van der Waals surface area contributed by atoms with Crippen molar-refractivity contribution in [1.82, 2.24) is 10.9 Å². The third kappa shape index (κ3) is 3.69. The van der Waals surface area contributed by atoms with Gasteiger partial charge in [0.1, 0.15) is 17.1 Å². The number of aryl methyl sites for hydroxylation is 1. The summed E-state index contributed by atoms with van der Waals surface area (Å²) in [6.45, 7) is 3.31. The summed E-state index contributed by atoms with van der Waals surface area (Å²) >= 11 is 0. The first-order valence-corrected chi connectivity index (χ1v) is 9.37. The van der Waals surface area contributed by atoms with E-state index in [1.807, 2.05) is 36.4 Å². The zero-order chi connectivity index (χ0) is 21.3. The molecule has 0 spiro atoms. The number of furan rings is 1. The van der Waals surface area contributed by atoms with Crippen LogP contribution in [-0.4, -0.2) is 17.9 Å². The Kier molecular flexibility index (Phi) is 5.10. The lowest BCUT2D eigenvalue weighted by Gasteiger charge is -2.14. The molecule has 0 saturated carbocycles. The number of hydrazine groups is 1. The van der Waals surface area contributed by atoms with E-state index in [9.17, 15) is 14.0 Å². The molecule has 1 atom stereocenters. The number of carbonyl (C=O) groups is 2. The molecule has 0 saturated heterocycles. The first-order chi connectivity index (χ1) is 14.4. The minimum atomic E-state index is -0.906. The lowest BCUT2D eigenvalue weighted by atomic mass is 10.1. The summed E-state index contributed by atoms with van der Waals surface area (Å²) < 4.78 is 24.2. The lowest BCUT2D eigenvalue weighted by molar-refractivity contribution is -0.128. The number of fused-ring (bicyclic) bond motifs is 3. The van der Waals surface area contributed by atoms with E-state index in [1.165, 1.54) is 31.2 Å². The van der Waals surface area contributed by atoms with Gasteiger partial charge >= 0.3 is 5.91 Å². The Labute approximate surface area is 171 Å². The molecule has 0 radical (unpaired) electrons. The fraction of sp³-hybridized carbons (Fsp3) is 0.130. The molecule has 0 aliphatic heterocycles. The smallest absolute Gasteiger partial charge is 0.305 e. The number of hydrogen-bond donors (Lipinski definition) is 2. The molecule has 1 heterocycles. The van der Waals surface area contributed by atoms with E-state index in [0.29, 0.717) is 16.9 Å². The maximum absolute atomic E-state index is 13.0. The zero-order valence-electron chi connectivity index (χ0n) is 16.4. The summed E-state index contributed by atoms with van der Waals surface area (Å²) in [5, 5.41) is 2.74. The van der Waals surface area contributed by atoms with E-state index in [4.69, 9.17) is 9.15 Å². The van der Waals surface area contributed by atoms with Crippen LogP contribution < -0.4 is 15.6 Å². The summed E-state index contributed by atoms with van der Waals surface area (Å²) in [7, 11) is 0. The molecular formula is C23H19FN2O4. The largest absolute Gasteiger partial charge is 0.481 e. The van der Waals surface area contributed by atoms with Gasteiger partial charge in [-0.15, -0.1) is 0 Å². The molecule has 2 N–H and O–H groups in total. The maximum atomic E-state index is 13.0. The van der Waals surface area contributed by atoms with Crippen molar-refractivity contribution in [3.05, 3.63) is 77.8 Å². The minimum Gasteiger partial charge on any atom is -0.481 e. The van der Waals surface area contributed by atoms with Gasteiger partial charge in [-0.25, -0.2) is 4.39 Å². The Balaban J connectivity index is 1.46. The molecule has 3 aromatic carbocycles. The maximum Gasteiger partial charge on any atom is 0.305 e. The van der Waals surface area contributed by atoms with Crippen molar-refractivity contribution in [2.45, 2.75) is 20.0 Å². The Hall–Kier alpha value is -3.87. The van der Waals surface area contributed by atoms with Crippen LogP contribution in [0.15, 0.2) is 65.1 Å². The molecule has 0 fully saturated rings. The van der Waals surface area contributed by atoms with Gasteiger partial charge in [-0.1, -0.05) is 36.4 Å². The quantitative estimate of drug-likeness (QED) is 0.496. The number of hydrogen-bond acceptors (Lipinski definition) is 4. The van der Waals surface area contributed by atoms with Crippen LogP contribution in [0.1, 0.15) is 23.0 Å². The Morgan fingerprint density at radius 3 is 2.47 bits per heavy atom. The van der Waals surface area contributed by atoms with Crippen LogP contribution in [0.3, 0.4) is 0 Å². The fourth-order valence-electron chi connectivity index (χ4n) is 3.21.